The summed E-state index contributed by atoms with van der Waals surface area (Å²) in [7, 11) is 3.26. The summed E-state index contributed by atoms with van der Waals surface area (Å²) in [6, 6.07) is 4.06. The molecule has 0 aromatic carbocycles. The molecular formula is C11H19NO3. The second-order valence-corrected chi connectivity index (χ2v) is 3.53. The Hall–Kier alpha value is -0.840. The van der Waals surface area contributed by atoms with E-state index in [1.54, 1.807) is 20.5 Å². The van der Waals surface area contributed by atoms with Gasteiger partial charge in [0.1, 0.15) is 5.76 Å². The molecule has 0 saturated carbocycles. The topological polar surface area (TPSA) is 43.6 Å². The predicted octanol–water partition coefficient (Wildman–Crippen LogP) is 1.94. The van der Waals surface area contributed by atoms with Crippen LogP contribution >= 0.6 is 0 Å². The van der Waals surface area contributed by atoms with E-state index in [9.17, 15) is 0 Å². The lowest BCUT2D eigenvalue weighted by molar-refractivity contribution is -0.121. The van der Waals surface area contributed by atoms with E-state index in [0.717, 1.165) is 5.76 Å². The molecule has 15 heavy (non-hydrogen) atoms. The average Bonchev–Trinajstić information content (AvgIpc) is 2.72. The van der Waals surface area contributed by atoms with Crippen molar-refractivity contribution in [3.8, 4) is 0 Å². The molecule has 0 saturated heterocycles. The zero-order valence-corrected chi connectivity index (χ0v) is 9.69. The number of hydrogen-bond donors (Lipinski definition) is 1. The van der Waals surface area contributed by atoms with Crippen LogP contribution in [0.5, 0.6) is 0 Å². The van der Waals surface area contributed by atoms with Crippen LogP contribution in [-0.4, -0.2) is 26.6 Å². The first-order valence-corrected chi connectivity index (χ1v) is 5.04. The van der Waals surface area contributed by atoms with Crippen molar-refractivity contribution in [2.45, 2.75) is 32.2 Å². The average molecular weight is 213 g/mol. The first kappa shape index (κ1) is 12.2. The van der Waals surface area contributed by atoms with Gasteiger partial charge < -0.3 is 19.2 Å². The zero-order valence-electron chi connectivity index (χ0n) is 9.69. The second kappa shape index (κ2) is 5.90. The Morgan fingerprint density at radius 1 is 1.27 bits per heavy atom. The van der Waals surface area contributed by atoms with Gasteiger partial charge in [-0.1, -0.05) is 0 Å². The third kappa shape index (κ3) is 3.34. The number of ether oxygens (including phenoxy) is 2. The van der Waals surface area contributed by atoms with Crippen LogP contribution in [0, 0.1) is 0 Å². The maximum Gasteiger partial charge on any atom is 0.171 e. The molecule has 0 radical (unpaired) electrons. The molecule has 86 valence electrons. The van der Waals surface area contributed by atoms with Gasteiger partial charge in [-0.2, -0.15) is 0 Å². The summed E-state index contributed by atoms with van der Waals surface area (Å²) in [6.07, 6.45) is 1.42. The van der Waals surface area contributed by atoms with E-state index in [-0.39, 0.29) is 18.4 Å². The molecule has 4 heteroatoms. The summed E-state index contributed by atoms with van der Waals surface area (Å²) < 4.78 is 15.6. The SMILES string of the molecule is COC(OC)C(C)N[C@H](C)c1ccco1. The van der Waals surface area contributed by atoms with Crippen LogP contribution in [0.2, 0.25) is 0 Å². The van der Waals surface area contributed by atoms with Crippen molar-refractivity contribution in [1.82, 2.24) is 5.32 Å². The lowest BCUT2D eigenvalue weighted by Gasteiger charge is -2.24. The molecular weight excluding hydrogens is 194 g/mol. The highest BCUT2D eigenvalue weighted by Gasteiger charge is 2.19. The molecule has 0 fully saturated rings. The fourth-order valence-electron chi connectivity index (χ4n) is 1.60. The highest BCUT2D eigenvalue weighted by Crippen LogP contribution is 2.14. The second-order valence-electron chi connectivity index (χ2n) is 3.53. The maximum atomic E-state index is 5.30. The third-order valence-electron chi connectivity index (χ3n) is 2.36. The predicted molar refractivity (Wildman–Crippen MR) is 57.5 cm³/mol. The molecule has 1 rings (SSSR count). The molecule has 2 atom stereocenters. The van der Waals surface area contributed by atoms with E-state index in [4.69, 9.17) is 13.9 Å². The van der Waals surface area contributed by atoms with Crippen LogP contribution in [0.4, 0.5) is 0 Å². The minimum atomic E-state index is -0.248. The largest absolute Gasteiger partial charge is 0.468 e. The van der Waals surface area contributed by atoms with Gasteiger partial charge in [-0.25, -0.2) is 0 Å². The molecule has 0 amide bonds. The fourth-order valence-corrected chi connectivity index (χ4v) is 1.60. The van der Waals surface area contributed by atoms with Crippen molar-refractivity contribution in [3.63, 3.8) is 0 Å². The van der Waals surface area contributed by atoms with Crippen molar-refractivity contribution in [2.75, 3.05) is 14.2 Å². The number of furan rings is 1. The highest BCUT2D eigenvalue weighted by molar-refractivity contribution is 5.03. The van der Waals surface area contributed by atoms with Crippen molar-refractivity contribution in [3.05, 3.63) is 24.2 Å². The summed E-state index contributed by atoms with van der Waals surface area (Å²) in [5.74, 6) is 0.910. The van der Waals surface area contributed by atoms with Gasteiger partial charge in [0.15, 0.2) is 6.29 Å². The Balaban J connectivity index is 2.47. The summed E-state index contributed by atoms with van der Waals surface area (Å²) in [5.41, 5.74) is 0. The Labute approximate surface area is 90.6 Å². The molecule has 1 aromatic heterocycles. The van der Waals surface area contributed by atoms with Crippen molar-refractivity contribution < 1.29 is 13.9 Å². The van der Waals surface area contributed by atoms with Crippen molar-refractivity contribution >= 4 is 0 Å². The summed E-state index contributed by atoms with van der Waals surface area (Å²) >= 11 is 0. The molecule has 0 aliphatic heterocycles. The van der Waals surface area contributed by atoms with Gasteiger partial charge in [0, 0.05) is 14.2 Å². The third-order valence-corrected chi connectivity index (χ3v) is 2.36. The number of rotatable bonds is 6. The van der Waals surface area contributed by atoms with Crippen LogP contribution < -0.4 is 5.32 Å². The Morgan fingerprint density at radius 3 is 2.40 bits per heavy atom. The summed E-state index contributed by atoms with van der Waals surface area (Å²) in [4.78, 5) is 0. The number of nitrogens with one attached hydrogen (secondary N) is 1. The molecule has 1 heterocycles. The lowest BCUT2D eigenvalue weighted by atomic mass is 10.2. The van der Waals surface area contributed by atoms with Crippen LogP contribution in [-0.2, 0) is 9.47 Å². The molecule has 0 aliphatic carbocycles. The summed E-state index contributed by atoms with van der Waals surface area (Å²) in [5, 5.41) is 3.34. The smallest absolute Gasteiger partial charge is 0.171 e. The van der Waals surface area contributed by atoms with E-state index >= 15 is 0 Å². The molecule has 0 bridgehead atoms. The van der Waals surface area contributed by atoms with Gasteiger partial charge in [-0.3, -0.25) is 0 Å². The van der Waals surface area contributed by atoms with Crippen LogP contribution in [0.3, 0.4) is 0 Å². The number of hydrogen-bond acceptors (Lipinski definition) is 4. The van der Waals surface area contributed by atoms with Gasteiger partial charge >= 0.3 is 0 Å². The molecule has 0 spiro atoms. The lowest BCUT2D eigenvalue weighted by Crippen LogP contribution is -2.40. The Morgan fingerprint density at radius 2 is 1.93 bits per heavy atom. The zero-order chi connectivity index (χ0) is 11.3. The van der Waals surface area contributed by atoms with E-state index in [2.05, 4.69) is 5.32 Å². The molecule has 1 aromatic rings. The highest BCUT2D eigenvalue weighted by atomic mass is 16.7. The number of methoxy groups -OCH3 is 2. The van der Waals surface area contributed by atoms with E-state index in [1.165, 1.54) is 0 Å². The summed E-state index contributed by atoms with van der Waals surface area (Å²) in [6.45, 7) is 4.05. The van der Waals surface area contributed by atoms with E-state index in [0.29, 0.717) is 0 Å². The molecule has 1 N–H and O–H groups in total. The van der Waals surface area contributed by atoms with Gasteiger partial charge in [0.25, 0.3) is 0 Å². The van der Waals surface area contributed by atoms with Gasteiger partial charge in [-0.15, -0.1) is 0 Å². The standard InChI is InChI=1S/C11H19NO3/c1-8(10-6-5-7-15-10)12-9(2)11(13-3)14-4/h5-9,11-12H,1-4H3/t8-,9?/m1/s1. The molecule has 1 unspecified atom stereocenters. The minimum Gasteiger partial charge on any atom is -0.468 e. The Kier molecular flexibility index (Phi) is 4.81. The molecule has 4 nitrogen and oxygen atoms in total. The van der Waals surface area contributed by atoms with E-state index in [1.807, 2.05) is 26.0 Å². The van der Waals surface area contributed by atoms with Crippen molar-refractivity contribution in [2.24, 2.45) is 0 Å². The van der Waals surface area contributed by atoms with Crippen molar-refractivity contribution in [1.29, 1.82) is 0 Å². The van der Waals surface area contributed by atoms with E-state index < -0.39 is 0 Å². The first-order chi connectivity index (χ1) is 7.19. The van der Waals surface area contributed by atoms with Crippen LogP contribution in [0.25, 0.3) is 0 Å². The van der Waals surface area contributed by atoms with Gasteiger partial charge in [-0.05, 0) is 26.0 Å². The van der Waals surface area contributed by atoms with Gasteiger partial charge in [0.2, 0.25) is 0 Å². The van der Waals surface area contributed by atoms with Crippen LogP contribution in [0.15, 0.2) is 22.8 Å². The maximum absolute atomic E-state index is 5.30. The molecule has 0 aliphatic rings. The van der Waals surface area contributed by atoms with Gasteiger partial charge in [0.05, 0.1) is 18.3 Å². The Bertz CT molecular complexity index is 257. The quantitative estimate of drug-likeness (QED) is 0.733. The monoisotopic (exact) mass is 213 g/mol. The first-order valence-electron chi connectivity index (χ1n) is 5.04. The van der Waals surface area contributed by atoms with Crippen LogP contribution in [0.1, 0.15) is 25.6 Å². The minimum absolute atomic E-state index is 0.0973. The fraction of sp³-hybridized carbons (Fsp3) is 0.636. The normalized spacial score (nSPS) is 15.5.